The van der Waals surface area contributed by atoms with Crippen LogP contribution >= 0.6 is 0 Å². The van der Waals surface area contributed by atoms with E-state index in [4.69, 9.17) is 0 Å². The lowest BCUT2D eigenvalue weighted by molar-refractivity contribution is -0.121. The second-order valence-corrected chi connectivity index (χ2v) is 5.74. The number of fused-ring (bicyclic) bond motifs is 2. The lowest BCUT2D eigenvalue weighted by Gasteiger charge is -2.11. The van der Waals surface area contributed by atoms with Crippen molar-refractivity contribution in [3.8, 4) is 0 Å². The van der Waals surface area contributed by atoms with E-state index in [0.29, 0.717) is 18.3 Å². The van der Waals surface area contributed by atoms with Gasteiger partial charge in [0.25, 0.3) is 0 Å². The molecule has 0 radical (unpaired) electrons. The molecule has 0 heterocycles. The Balaban J connectivity index is 1.40. The Labute approximate surface area is 119 Å². The molecule has 3 nitrogen and oxygen atoms in total. The van der Waals surface area contributed by atoms with Crippen LogP contribution in [0.4, 0.5) is 0 Å². The molecule has 20 heavy (non-hydrogen) atoms. The number of benzene rings is 1. The predicted octanol–water partition coefficient (Wildman–Crippen LogP) is 2.93. The molecule has 0 aliphatic heterocycles. The third-order valence-electron chi connectivity index (χ3n) is 4.27. The standard InChI is InChI=1S/C17H20N2O/c20-17(9-7-13-4-2-1-3-5-13)19-18-12-16-11-14-6-8-15(16)10-14/h1-6,8,12,14-16H,7,9-11H2,(H,19,20). The molecule has 1 N–H and O–H groups in total. The molecule has 2 aliphatic rings. The molecule has 3 unspecified atom stereocenters. The van der Waals surface area contributed by atoms with E-state index in [1.54, 1.807) is 0 Å². The monoisotopic (exact) mass is 268 g/mol. The molecule has 0 saturated heterocycles. The van der Waals surface area contributed by atoms with Gasteiger partial charge in [-0.25, -0.2) is 5.43 Å². The van der Waals surface area contributed by atoms with E-state index in [1.165, 1.54) is 18.4 Å². The predicted molar refractivity (Wildman–Crippen MR) is 80.2 cm³/mol. The molecular formula is C17H20N2O. The molecule has 0 spiro atoms. The minimum absolute atomic E-state index is 0.0104. The van der Waals surface area contributed by atoms with Crippen molar-refractivity contribution in [2.75, 3.05) is 0 Å². The van der Waals surface area contributed by atoms with Gasteiger partial charge in [0.2, 0.25) is 5.91 Å². The van der Waals surface area contributed by atoms with Crippen molar-refractivity contribution in [1.82, 2.24) is 5.43 Å². The number of hydrogen-bond donors (Lipinski definition) is 1. The molecule has 104 valence electrons. The number of nitrogens with one attached hydrogen (secondary N) is 1. The fourth-order valence-corrected chi connectivity index (χ4v) is 3.16. The van der Waals surface area contributed by atoms with Crippen molar-refractivity contribution >= 4 is 12.1 Å². The number of hydrazone groups is 1. The van der Waals surface area contributed by atoms with E-state index in [9.17, 15) is 4.79 Å². The summed E-state index contributed by atoms with van der Waals surface area (Å²) >= 11 is 0. The number of nitrogens with zero attached hydrogens (tertiary/aromatic N) is 1. The second kappa shape index (κ2) is 6.04. The fourth-order valence-electron chi connectivity index (χ4n) is 3.16. The molecule has 3 rings (SSSR count). The summed E-state index contributed by atoms with van der Waals surface area (Å²) in [4.78, 5) is 11.7. The number of rotatable bonds is 5. The van der Waals surface area contributed by atoms with Gasteiger partial charge >= 0.3 is 0 Å². The van der Waals surface area contributed by atoms with Crippen molar-refractivity contribution in [3.05, 3.63) is 48.0 Å². The number of allylic oxidation sites excluding steroid dienone is 2. The van der Waals surface area contributed by atoms with Crippen LogP contribution in [-0.2, 0) is 11.2 Å². The van der Waals surface area contributed by atoms with E-state index in [2.05, 4.69) is 22.7 Å². The molecule has 3 atom stereocenters. The molecule has 2 aliphatic carbocycles. The normalized spacial score (nSPS) is 27.3. The van der Waals surface area contributed by atoms with Gasteiger partial charge in [-0.3, -0.25) is 4.79 Å². The highest BCUT2D eigenvalue weighted by molar-refractivity contribution is 5.77. The zero-order valence-electron chi connectivity index (χ0n) is 11.5. The molecule has 1 aromatic carbocycles. The number of carbonyl (C=O) groups is 1. The Morgan fingerprint density at radius 3 is 2.80 bits per heavy atom. The van der Waals surface area contributed by atoms with Crippen molar-refractivity contribution in [2.45, 2.75) is 25.7 Å². The maximum absolute atomic E-state index is 11.7. The summed E-state index contributed by atoms with van der Waals surface area (Å²) in [5.74, 6) is 1.89. The van der Waals surface area contributed by atoms with E-state index < -0.39 is 0 Å². The maximum atomic E-state index is 11.7. The highest BCUT2D eigenvalue weighted by Gasteiger charge is 2.34. The van der Waals surface area contributed by atoms with Crippen molar-refractivity contribution in [2.24, 2.45) is 22.9 Å². The van der Waals surface area contributed by atoms with Gasteiger partial charge in [0, 0.05) is 18.6 Å². The zero-order chi connectivity index (χ0) is 13.8. The van der Waals surface area contributed by atoms with Crippen LogP contribution < -0.4 is 5.43 Å². The first-order valence-electron chi connectivity index (χ1n) is 7.35. The van der Waals surface area contributed by atoms with Gasteiger partial charge in [-0.15, -0.1) is 0 Å². The maximum Gasteiger partial charge on any atom is 0.240 e. The summed E-state index contributed by atoms with van der Waals surface area (Å²) in [7, 11) is 0. The first-order valence-corrected chi connectivity index (χ1v) is 7.35. The van der Waals surface area contributed by atoms with Crippen LogP contribution in [-0.4, -0.2) is 12.1 Å². The summed E-state index contributed by atoms with van der Waals surface area (Å²) in [6.07, 6.45) is 10.2. The molecule has 0 aromatic heterocycles. The Morgan fingerprint density at radius 2 is 2.10 bits per heavy atom. The Morgan fingerprint density at radius 1 is 1.25 bits per heavy atom. The van der Waals surface area contributed by atoms with Crippen LogP contribution in [0.3, 0.4) is 0 Å². The second-order valence-electron chi connectivity index (χ2n) is 5.74. The van der Waals surface area contributed by atoms with Gasteiger partial charge in [0.05, 0.1) is 0 Å². The van der Waals surface area contributed by atoms with Gasteiger partial charge in [0.15, 0.2) is 0 Å². The summed E-state index contributed by atoms with van der Waals surface area (Å²) in [6.45, 7) is 0. The Hall–Kier alpha value is -1.90. The Kier molecular flexibility index (Phi) is 3.95. The third kappa shape index (κ3) is 3.16. The van der Waals surface area contributed by atoms with Gasteiger partial charge in [0.1, 0.15) is 0 Å². The van der Waals surface area contributed by atoms with Crippen LogP contribution in [0.5, 0.6) is 0 Å². The minimum atomic E-state index is -0.0104. The minimum Gasteiger partial charge on any atom is -0.273 e. The summed E-state index contributed by atoms with van der Waals surface area (Å²) in [5, 5.41) is 4.13. The van der Waals surface area contributed by atoms with Gasteiger partial charge in [-0.1, -0.05) is 42.5 Å². The average Bonchev–Trinajstić information content (AvgIpc) is 3.09. The van der Waals surface area contributed by atoms with Crippen molar-refractivity contribution < 1.29 is 4.79 Å². The third-order valence-corrected chi connectivity index (χ3v) is 4.27. The number of amides is 1. The van der Waals surface area contributed by atoms with E-state index in [-0.39, 0.29) is 5.91 Å². The van der Waals surface area contributed by atoms with Gasteiger partial charge < -0.3 is 0 Å². The summed E-state index contributed by atoms with van der Waals surface area (Å²) in [5.41, 5.74) is 3.83. The number of carbonyl (C=O) groups excluding carboxylic acids is 1. The first-order chi connectivity index (χ1) is 9.81. The van der Waals surface area contributed by atoms with Gasteiger partial charge in [-0.2, -0.15) is 5.10 Å². The van der Waals surface area contributed by atoms with Crippen LogP contribution in [0.15, 0.2) is 47.6 Å². The lowest BCUT2D eigenvalue weighted by atomic mass is 9.95. The SMILES string of the molecule is O=C(CCc1ccccc1)NN=CC1CC2C=CC1C2. The zero-order valence-corrected chi connectivity index (χ0v) is 11.5. The topological polar surface area (TPSA) is 41.5 Å². The number of aryl methyl sites for hydroxylation is 1. The van der Waals surface area contributed by atoms with Crippen LogP contribution in [0.1, 0.15) is 24.8 Å². The molecule has 1 fully saturated rings. The lowest BCUT2D eigenvalue weighted by Crippen LogP contribution is -2.19. The smallest absolute Gasteiger partial charge is 0.240 e. The Bertz CT molecular complexity index is 521. The van der Waals surface area contributed by atoms with E-state index in [0.717, 1.165) is 12.3 Å². The quantitative estimate of drug-likeness (QED) is 0.498. The molecule has 3 heteroatoms. The van der Waals surface area contributed by atoms with Crippen molar-refractivity contribution in [1.29, 1.82) is 0 Å². The molecule has 1 amide bonds. The molecule has 1 saturated carbocycles. The van der Waals surface area contributed by atoms with Crippen LogP contribution in [0.25, 0.3) is 0 Å². The first kappa shape index (κ1) is 13.1. The largest absolute Gasteiger partial charge is 0.273 e. The van der Waals surface area contributed by atoms with Crippen LogP contribution in [0, 0.1) is 17.8 Å². The van der Waals surface area contributed by atoms with Crippen molar-refractivity contribution in [3.63, 3.8) is 0 Å². The highest BCUT2D eigenvalue weighted by Crippen LogP contribution is 2.42. The van der Waals surface area contributed by atoms with E-state index in [1.807, 2.05) is 36.5 Å². The molecule has 1 aromatic rings. The fraction of sp³-hybridized carbons (Fsp3) is 0.412. The summed E-state index contributed by atoms with van der Waals surface area (Å²) in [6, 6.07) is 10.1. The number of hydrogen-bond acceptors (Lipinski definition) is 2. The molecular weight excluding hydrogens is 248 g/mol. The summed E-state index contributed by atoms with van der Waals surface area (Å²) < 4.78 is 0. The highest BCUT2D eigenvalue weighted by atomic mass is 16.2. The van der Waals surface area contributed by atoms with Gasteiger partial charge in [-0.05, 0) is 36.7 Å². The average molecular weight is 268 g/mol. The van der Waals surface area contributed by atoms with Crippen LogP contribution in [0.2, 0.25) is 0 Å². The van der Waals surface area contributed by atoms with E-state index >= 15 is 0 Å². The molecule has 2 bridgehead atoms.